The van der Waals surface area contributed by atoms with Crippen LogP contribution < -0.4 is 4.90 Å². The van der Waals surface area contributed by atoms with E-state index in [0.717, 1.165) is 11.8 Å². The van der Waals surface area contributed by atoms with Crippen LogP contribution in [0.4, 0.5) is 10.8 Å². The summed E-state index contributed by atoms with van der Waals surface area (Å²) in [7, 11) is 0. The number of hydrogen-bond acceptors (Lipinski definition) is 7. The molecule has 3 rings (SSSR count). The van der Waals surface area contributed by atoms with E-state index >= 15 is 0 Å². The predicted octanol–water partition coefficient (Wildman–Crippen LogP) is 3.89. The first-order valence-corrected chi connectivity index (χ1v) is 10.8. The fourth-order valence-corrected chi connectivity index (χ4v) is 4.80. The van der Waals surface area contributed by atoms with E-state index in [2.05, 4.69) is 4.98 Å². The summed E-state index contributed by atoms with van der Waals surface area (Å²) in [6, 6.07) is 9.20. The van der Waals surface area contributed by atoms with Gasteiger partial charge in [0.15, 0.2) is 5.13 Å². The zero-order valence-corrected chi connectivity index (χ0v) is 17.9. The highest BCUT2D eigenvalue weighted by atomic mass is 32.2. The molecule has 1 aromatic heterocycles. The number of thiazole rings is 1. The van der Waals surface area contributed by atoms with Crippen molar-refractivity contribution in [3.63, 3.8) is 0 Å². The molecule has 0 spiro atoms. The van der Waals surface area contributed by atoms with E-state index in [1.165, 1.54) is 28.1 Å². The van der Waals surface area contributed by atoms with E-state index in [9.17, 15) is 14.4 Å². The summed E-state index contributed by atoms with van der Waals surface area (Å²) in [6.45, 7) is 1.74. The first-order chi connectivity index (χ1) is 13.9. The number of aromatic nitrogens is 1. The first-order valence-electron chi connectivity index (χ1n) is 8.65. The third kappa shape index (κ3) is 5.08. The number of carboxylic acids is 1. The molecule has 1 N–H and O–H groups in total. The van der Waals surface area contributed by atoms with Crippen molar-refractivity contribution < 1.29 is 19.5 Å². The van der Waals surface area contributed by atoms with Crippen LogP contribution in [0.3, 0.4) is 0 Å². The normalized spacial score (nSPS) is 15.2. The lowest BCUT2D eigenvalue weighted by Crippen LogP contribution is -2.29. The molecule has 2 aromatic rings. The zero-order chi connectivity index (χ0) is 21.0. The van der Waals surface area contributed by atoms with Gasteiger partial charge in [-0.05, 0) is 24.6 Å². The van der Waals surface area contributed by atoms with Crippen LogP contribution in [0.5, 0.6) is 0 Å². The van der Waals surface area contributed by atoms with Gasteiger partial charge in [0.25, 0.3) is 5.91 Å². The molecule has 1 aromatic carbocycles. The molecule has 0 radical (unpaired) electrons. The van der Waals surface area contributed by atoms with Crippen molar-refractivity contribution >= 4 is 74.3 Å². The second kappa shape index (κ2) is 9.29. The number of amides is 2. The smallest absolute Gasteiger partial charge is 0.303 e. The monoisotopic (exact) mass is 447 g/mol. The van der Waals surface area contributed by atoms with Crippen LogP contribution in [-0.2, 0) is 14.4 Å². The van der Waals surface area contributed by atoms with Gasteiger partial charge in [0, 0.05) is 25.3 Å². The predicted molar refractivity (Wildman–Crippen MR) is 118 cm³/mol. The molecule has 7 nitrogen and oxygen atoms in total. The Morgan fingerprint density at radius 3 is 2.69 bits per heavy atom. The van der Waals surface area contributed by atoms with Gasteiger partial charge in [-0.3, -0.25) is 24.2 Å². The molecule has 0 saturated carbocycles. The highest BCUT2D eigenvalue weighted by Crippen LogP contribution is 2.34. The van der Waals surface area contributed by atoms with Gasteiger partial charge >= 0.3 is 5.97 Å². The van der Waals surface area contributed by atoms with Gasteiger partial charge in [-0.2, -0.15) is 0 Å². The highest BCUT2D eigenvalue weighted by Gasteiger charge is 2.32. The van der Waals surface area contributed by atoms with Crippen LogP contribution in [0.15, 0.2) is 40.6 Å². The van der Waals surface area contributed by atoms with Crippen molar-refractivity contribution in [2.24, 2.45) is 0 Å². The van der Waals surface area contributed by atoms with Crippen molar-refractivity contribution in [3.8, 4) is 0 Å². The molecular weight excluding hydrogens is 430 g/mol. The molecular formula is C19H17N3O4S3. The van der Waals surface area contributed by atoms with Gasteiger partial charge in [0.2, 0.25) is 5.91 Å². The minimum Gasteiger partial charge on any atom is -0.481 e. The number of aliphatic carboxylic acids is 1. The maximum absolute atomic E-state index is 12.6. The highest BCUT2D eigenvalue weighted by molar-refractivity contribution is 8.26. The third-order valence-electron chi connectivity index (χ3n) is 3.96. The Bertz CT molecular complexity index is 988. The molecule has 1 saturated heterocycles. The molecule has 29 heavy (non-hydrogen) atoms. The Labute approximate surface area is 181 Å². The van der Waals surface area contributed by atoms with Crippen molar-refractivity contribution in [1.82, 2.24) is 9.88 Å². The number of rotatable bonds is 7. The topological polar surface area (TPSA) is 90.8 Å². The second-order valence-corrected chi connectivity index (χ2v) is 8.59. The number of carboxylic acid groups (broad SMARTS) is 1. The molecule has 0 unspecified atom stereocenters. The van der Waals surface area contributed by atoms with Crippen LogP contribution in [0.2, 0.25) is 0 Å². The summed E-state index contributed by atoms with van der Waals surface area (Å²) >= 11 is 7.71. The van der Waals surface area contributed by atoms with E-state index in [0.29, 0.717) is 32.2 Å². The number of thioether (sulfide) groups is 1. The molecule has 1 fully saturated rings. The van der Waals surface area contributed by atoms with Crippen LogP contribution in [0, 0.1) is 0 Å². The zero-order valence-electron chi connectivity index (χ0n) is 15.4. The van der Waals surface area contributed by atoms with Gasteiger partial charge in [0.1, 0.15) is 4.32 Å². The minimum absolute atomic E-state index is 0.0219. The molecule has 150 valence electrons. The quantitative estimate of drug-likeness (QED) is 0.508. The van der Waals surface area contributed by atoms with E-state index in [1.54, 1.807) is 11.5 Å². The number of benzene rings is 1. The average Bonchev–Trinajstić information content (AvgIpc) is 3.22. The summed E-state index contributed by atoms with van der Waals surface area (Å²) in [5.74, 6) is -1.33. The number of anilines is 2. The lowest BCUT2D eigenvalue weighted by Gasteiger charge is -2.17. The Hall–Kier alpha value is -2.56. The number of nitrogens with zero attached hydrogens (tertiary/aromatic N) is 3. The molecule has 0 bridgehead atoms. The van der Waals surface area contributed by atoms with E-state index in [4.69, 9.17) is 17.3 Å². The summed E-state index contributed by atoms with van der Waals surface area (Å²) < 4.78 is 0.400. The second-order valence-electron chi connectivity index (χ2n) is 6.08. The van der Waals surface area contributed by atoms with Crippen LogP contribution in [0.25, 0.3) is 6.08 Å². The molecule has 10 heteroatoms. The first kappa shape index (κ1) is 21.2. The van der Waals surface area contributed by atoms with Crippen molar-refractivity contribution in [2.75, 3.05) is 11.4 Å². The van der Waals surface area contributed by atoms with E-state index < -0.39 is 5.97 Å². The summed E-state index contributed by atoms with van der Waals surface area (Å²) in [5.41, 5.74) is 1.27. The van der Waals surface area contributed by atoms with E-state index in [1.807, 2.05) is 30.3 Å². The van der Waals surface area contributed by atoms with Gasteiger partial charge in [-0.15, -0.1) is 11.3 Å². The molecule has 0 aliphatic carbocycles. The fourth-order valence-electron chi connectivity index (χ4n) is 2.66. The molecule has 0 atom stereocenters. The summed E-state index contributed by atoms with van der Waals surface area (Å²) in [4.78, 5) is 43.2. The molecule has 1 aliphatic rings. The van der Waals surface area contributed by atoms with Crippen LogP contribution in [0.1, 0.15) is 25.5 Å². The standard InChI is InChI=1S/C19H17N3O4S3/c1-12(23)22(14-6-3-2-4-7-14)18-20-13(11-28-18)10-15-17(26)21(19(27)29-15)9-5-8-16(24)25/h2-4,6-7,10-11H,5,8-9H2,1H3,(H,24,25)/b15-10-. The van der Waals surface area contributed by atoms with E-state index in [-0.39, 0.29) is 24.8 Å². The summed E-state index contributed by atoms with van der Waals surface area (Å²) in [6.07, 6.45) is 1.95. The lowest BCUT2D eigenvalue weighted by atomic mass is 10.3. The van der Waals surface area contributed by atoms with Crippen molar-refractivity contribution in [2.45, 2.75) is 19.8 Å². The molecule has 2 amide bonds. The molecule has 2 heterocycles. The number of carbonyl (C=O) groups is 3. The van der Waals surface area contributed by atoms with Gasteiger partial charge in [0.05, 0.1) is 16.3 Å². The average molecular weight is 448 g/mol. The third-order valence-corrected chi connectivity index (χ3v) is 6.18. The lowest BCUT2D eigenvalue weighted by molar-refractivity contribution is -0.137. The van der Waals surface area contributed by atoms with Crippen LogP contribution in [-0.4, -0.2) is 43.6 Å². The minimum atomic E-state index is -0.908. The SMILES string of the molecule is CC(=O)N(c1ccccc1)c1nc(/C=C2\SC(=S)N(CCCC(=O)O)C2=O)cs1. The Morgan fingerprint density at radius 2 is 2.03 bits per heavy atom. The summed E-state index contributed by atoms with van der Waals surface area (Å²) in [5, 5.41) is 11.0. The number of hydrogen-bond donors (Lipinski definition) is 1. The fraction of sp³-hybridized carbons (Fsp3) is 0.211. The maximum atomic E-state index is 12.6. The number of para-hydroxylation sites is 1. The molecule has 1 aliphatic heterocycles. The van der Waals surface area contributed by atoms with Crippen molar-refractivity contribution in [1.29, 1.82) is 0 Å². The Morgan fingerprint density at radius 1 is 1.31 bits per heavy atom. The Kier molecular flexibility index (Phi) is 6.78. The Balaban J connectivity index is 1.77. The van der Waals surface area contributed by atoms with Gasteiger partial charge in [-0.25, -0.2) is 4.98 Å². The van der Waals surface area contributed by atoms with Gasteiger partial charge < -0.3 is 5.11 Å². The number of carbonyl (C=O) groups excluding carboxylic acids is 2. The number of thiocarbonyl (C=S) groups is 1. The largest absolute Gasteiger partial charge is 0.481 e. The van der Waals surface area contributed by atoms with Gasteiger partial charge in [-0.1, -0.05) is 42.2 Å². The van der Waals surface area contributed by atoms with Crippen LogP contribution >= 0.6 is 35.3 Å². The maximum Gasteiger partial charge on any atom is 0.303 e. The van der Waals surface area contributed by atoms with Crippen molar-refractivity contribution in [3.05, 3.63) is 46.3 Å².